The van der Waals surface area contributed by atoms with Crippen LogP contribution in [0, 0.1) is 13.8 Å². The van der Waals surface area contributed by atoms with Crippen LogP contribution in [0.15, 0.2) is 35.9 Å². The molecular weight excluding hydrogens is 254 g/mol. The summed E-state index contributed by atoms with van der Waals surface area (Å²) in [7, 11) is 0. The molecule has 1 nitrogen and oxygen atoms in total. The SMILES string of the molecule is CC/C=C(/C=C\c1cc(C)ccc1C)CCN1CCCC1. The first-order chi connectivity index (χ1) is 10.2. The summed E-state index contributed by atoms with van der Waals surface area (Å²) in [6.07, 6.45) is 12.0. The third kappa shape index (κ3) is 5.17. The van der Waals surface area contributed by atoms with E-state index in [2.05, 4.69) is 62.1 Å². The molecule has 1 heterocycles. The molecule has 114 valence electrons. The summed E-state index contributed by atoms with van der Waals surface area (Å²) >= 11 is 0. The molecule has 0 bridgehead atoms. The Labute approximate surface area is 130 Å². The van der Waals surface area contributed by atoms with E-state index in [0.717, 1.165) is 6.42 Å². The lowest BCUT2D eigenvalue weighted by Gasteiger charge is -2.14. The van der Waals surface area contributed by atoms with Gasteiger partial charge in [-0.15, -0.1) is 0 Å². The molecule has 0 aromatic heterocycles. The van der Waals surface area contributed by atoms with Crippen molar-refractivity contribution in [2.24, 2.45) is 0 Å². The van der Waals surface area contributed by atoms with Crippen molar-refractivity contribution in [3.8, 4) is 0 Å². The Morgan fingerprint density at radius 3 is 2.67 bits per heavy atom. The third-order valence-corrected chi connectivity index (χ3v) is 4.29. The van der Waals surface area contributed by atoms with Crippen LogP contribution in [0.2, 0.25) is 0 Å². The summed E-state index contributed by atoms with van der Waals surface area (Å²) in [5.41, 5.74) is 5.51. The number of nitrogens with zero attached hydrogens (tertiary/aromatic N) is 1. The molecule has 1 fully saturated rings. The maximum atomic E-state index is 2.59. The fraction of sp³-hybridized carbons (Fsp3) is 0.500. The first-order valence-corrected chi connectivity index (χ1v) is 8.35. The summed E-state index contributed by atoms with van der Waals surface area (Å²) in [4.78, 5) is 2.59. The highest BCUT2D eigenvalue weighted by atomic mass is 15.1. The van der Waals surface area contributed by atoms with Crippen LogP contribution < -0.4 is 0 Å². The molecule has 0 atom stereocenters. The van der Waals surface area contributed by atoms with Gasteiger partial charge in [-0.3, -0.25) is 0 Å². The highest BCUT2D eigenvalue weighted by molar-refractivity contribution is 5.57. The number of hydrogen-bond acceptors (Lipinski definition) is 1. The van der Waals surface area contributed by atoms with E-state index in [-0.39, 0.29) is 0 Å². The summed E-state index contributed by atoms with van der Waals surface area (Å²) in [6.45, 7) is 10.4. The second-order valence-electron chi connectivity index (χ2n) is 6.18. The number of hydrogen-bond donors (Lipinski definition) is 0. The molecule has 21 heavy (non-hydrogen) atoms. The van der Waals surface area contributed by atoms with E-state index < -0.39 is 0 Å². The standard InChI is InChI=1S/C20H29N/c1-4-7-19(12-15-21-13-5-6-14-21)10-11-20-16-17(2)8-9-18(20)3/h7-11,16H,4-6,12-15H2,1-3H3/b11-10-,19-7-. The number of allylic oxidation sites excluding steroid dienone is 2. The van der Waals surface area contributed by atoms with Gasteiger partial charge in [-0.25, -0.2) is 0 Å². The highest BCUT2D eigenvalue weighted by Crippen LogP contribution is 2.16. The summed E-state index contributed by atoms with van der Waals surface area (Å²) in [5.74, 6) is 0. The molecule has 0 saturated carbocycles. The molecule has 0 aliphatic carbocycles. The minimum atomic E-state index is 1.12. The topological polar surface area (TPSA) is 3.24 Å². The second kappa shape index (κ2) is 8.19. The Kier molecular flexibility index (Phi) is 6.25. The molecule has 1 aliphatic heterocycles. The van der Waals surface area contributed by atoms with E-state index in [4.69, 9.17) is 0 Å². The fourth-order valence-corrected chi connectivity index (χ4v) is 2.95. The van der Waals surface area contributed by atoms with Crippen molar-refractivity contribution in [2.45, 2.75) is 46.5 Å². The molecule has 1 heteroatoms. The largest absolute Gasteiger partial charge is 0.303 e. The van der Waals surface area contributed by atoms with E-state index >= 15 is 0 Å². The average molecular weight is 283 g/mol. The molecule has 0 unspecified atom stereocenters. The van der Waals surface area contributed by atoms with Crippen LogP contribution in [0.1, 0.15) is 49.3 Å². The quantitative estimate of drug-likeness (QED) is 0.653. The van der Waals surface area contributed by atoms with Gasteiger partial charge in [-0.2, -0.15) is 0 Å². The fourth-order valence-electron chi connectivity index (χ4n) is 2.95. The second-order valence-corrected chi connectivity index (χ2v) is 6.18. The molecular formula is C20H29N. The maximum Gasteiger partial charge on any atom is 0.00217 e. The smallest absolute Gasteiger partial charge is 0.00217 e. The van der Waals surface area contributed by atoms with Gasteiger partial charge in [0.2, 0.25) is 0 Å². The molecule has 0 radical (unpaired) electrons. The normalized spacial score (nSPS) is 17.0. The number of aryl methyl sites for hydroxylation is 2. The molecule has 0 N–H and O–H groups in total. The molecule has 1 aliphatic rings. The minimum Gasteiger partial charge on any atom is -0.303 e. The van der Waals surface area contributed by atoms with Gasteiger partial charge in [0, 0.05) is 6.54 Å². The van der Waals surface area contributed by atoms with E-state index in [1.807, 2.05) is 0 Å². The molecule has 0 amide bonds. The van der Waals surface area contributed by atoms with Crippen molar-refractivity contribution in [2.75, 3.05) is 19.6 Å². The van der Waals surface area contributed by atoms with Crippen molar-refractivity contribution >= 4 is 6.08 Å². The Balaban J connectivity index is 1.99. The van der Waals surface area contributed by atoms with E-state index in [1.54, 1.807) is 0 Å². The maximum absolute atomic E-state index is 2.59. The van der Waals surface area contributed by atoms with Crippen molar-refractivity contribution in [1.29, 1.82) is 0 Å². The van der Waals surface area contributed by atoms with Crippen LogP contribution in [-0.4, -0.2) is 24.5 Å². The zero-order chi connectivity index (χ0) is 15.1. The molecule has 1 aromatic carbocycles. The minimum absolute atomic E-state index is 1.12. The lowest BCUT2D eigenvalue weighted by molar-refractivity contribution is 0.344. The van der Waals surface area contributed by atoms with Crippen molar-refractivity contribution < 1.29 is 0 Å². The summed E-state index contributed by atoms with van der Waals surface area (Å²) < 4.78 is 0. The van der Waals surface area contributed by atoms with Gasteiger partial charge < -0.3 is 4.90 Å². The predicted molar refractivity (Wildman–Crippen MR) is 93.6 cm³/mol. The van der Waals surface area contributed by atoms with Crippen LogP contribution in [-0.2, 0) is 0 Å². The highest BCUT2D eigenvalue weighted by Gasteiger charge is 2.10. The monoisotopic (exact) mass is 283 g/mol. The summed E-state index contributed by atoms with van der Waals surface area (Å²) in [5, 5.41) is 0. The molecule has 1 aromatic rings. The van der Waals surface area contributed by atoms with Gasteiger partial charge in [0.15, 0.2) is 0 Å². The van der Waals surface area contributed by atoms with Crippen molar-refractivity contribution in [3.63, 3.8) is 0 Å². The Bertz CT molecular complexity index is 505. The van der Waals surface area contributed by atoms with Crippen LogP contribution in [0.25, 0.3) is 6.08 Å². The summed E-state index contributed by atoms with van der Waals surface area (Å²) in [6, 6.07) is 6.67. The van der Waals surface area contributed by atoms with E-state index in [0.29, 0.717) is 0 Å². The predicted octanol–water partition coefficient (Wildman–Crippen LogP) is 5.14. The Morgan fingerprint density at radius 2 is 1.95 bits per heavy atom. The Hall–Kier alpha value is -1.34. The van der Waals surface area contributed by atoms with E-state index in [9.17, 15) is 0 Å². The zero-order valence-corrected chi connectivity index (χ0v) is 13.9. The lowest BCUT2D eigenvalue weighted by atomic mass is 10.0. The van der Waals surface area contributed by atoms with Crippen LogP contribution >= 0.6 is 0 Å². The first kappa shape index (κ1) is 16.0. The van der Waals surface area contributed by atoms with Gasteiger partial charge in [-0.1, -0.05) is 54.5 Å². The Morgan fingerprint density at radius 1 is 1.19 bits per heavy atom. The van der Waals surface area contributed by atoms with Gasteiger partial charge in [-0.05, 0) is 63.7 Å². The first-order valence-electron chi connectivity index (χ1n) is 8.35. The number of rotatable bonds is 6. The van der Waals surface area contributed by atoms with Crippen LogP contribution in [0.3, 0.4) is 0 Å². The van der Waals surface area contributed by atoms with Gasteiger partial charge >= 0.3 is 0 Å². The molecule has 0 spiro atoms. The number of likely N-dealkylation sites (tertiary alicyclic amines) is 1. The lowest BCUT2D eigenvalue weighted by Crippen LogP contribution is -2.20. The van der Waals surface area contributed by atoms with E-state index in [1.165, 1.54) is 61.2 Å². The van der Waals surface area contributed by atoms with Gasteiger partial charge in [0.25, 0.3) is 0 Å². The average Bonchev–Trinajstić information content (AvgIpc) is 2.98. The van der Waals surface area contributed by atoms with Crippen LogP contribution in [0.5, 0.6) is 0 Å². The van der Waals surface area contributed by atoms with Gasteiger partial charge in [0.05, 0.1) is 0 Å². The zero-order valence-electron chi connectivity index (χ0n) is 13.9. The molecule has 1 saturated heterocycles. The van der Waals surface area contributed by atoms with Crippen molar-refractivity contribution in [3.05, 3.63) is 52.6 Å². The number of benzene rings is 1. The third-order valence-electron chi connectivity index (χ3n) is 4.29. The van der Waals surface area contributed by atoms with Crippen molar-refractivity contribution in [1.82, 2.24) is 4.90 Å². The van der Waals surface area contributed by atoms with Crippen LogP contribution in [0.4, 0.5) is 0 Å². The van der Waals surface area contributed by atoms with Gasteiger partial charge in [0.1, 0.15) is 0 Å². The molecule has 2 rings (SSSR count).